The SMILES string of the molecule is CC(C)(CNC(=O)NCCC(=O)O)c1cccs1. The highest BCUT2D eigenvalue weighted by atomic mass is 32.1. The Kier molecular flexibility index (Phi) is 5.15. The van der Waals surface area contributed by atoms with Crippen LogP contribution in [0.4, 0.5) is 4.79 Å². The third-order valence-electron chi connectivity index (χ3n) is 2.50. The molecule has 100 valence electrons. The van der Waals surface area contributed by atoms with E-state index in [0.717, 1.165) is 0 Å². The maximum atomic E-state index is 11.4. The Morgan fingerprint density at radius 2 is 2.11 bits per heavy atom. The molecule has 1 aromatic rings. The smallest absolute Gasteiger partial charge is 0.314 e. The van der Waals surface area contributed by atoms with Crippen LogP contribution in [-0.4, -0.2) is 30.2 Å². The number of carbonyl (C=O) groups excluding carboxylic acids is 1. The molecule has 0 saturated heterocycles. The molecule has 0 unspecified atom stereocenters. The van der Waals surface area contributed by atoms with E-state index in [1.807, 2.05) is 17.5 Å². The lowest BCUT2D eigenvalue weighted by Gasteiger charge is -2.23. The van der Waals surface area contributed by atoms with Gasteiger partial charge >= 0.3 is 12.0 Å². The van der Waals surface area contributed by atoms with E-state index in [-0.39, 0.29) is 24.4 Å². The van der Waals surface area contributed by atoms with Crippen LogP contribution >= 0.6 is 11.3 Å². The highest BCUT2D eigenvalue weighted by molar-refractivity contribution is 7.10. The zero-order chi connectivity index (χ0) is 13.6. The first kappa shape index (κ1) is 14.5. The Labute approximate surface area is 110 Å². The van der Waals surface area contributed by atoms with E-state index in [1.54, 1.807) is 11.3 Å². The van der Waals surface area contributed by atoms with Crippen LogP contribution in [0, 0.1) is 0 Å². The van der Waals surface area contributed by atoms with Crippen molar-refractivity contribution in [3.05, 3.63) is 22.4 Å². The van der Waals surface area contributed by atoms with Crippen molar-refractivity contribution in [2.75, 3.05) is 13.1 Å². The van der Waals surface area contributed by atoms with Gasteiger partial charge in [0.05, 0.1) is 6.42 Å². The monoisotopic (exact) mass is 270 g/mol. The summed E-state index contributed by atoms with van der Waals surface area (Å²) < 4.78 is 0. The highest BCUT2D eigenvalue weighted by Crippen LogP contribution is 2.26. The number of nitrogens with one attached hydrogen (secondary N) is 2. The van der Waals surface area contributed by atoms with Gasteiger partial charge in [-0.2, -0.15) is 0 Å². The number of urea groups is 1. The molecular weight excluding hydrogens is 252 g/mol. The molecule has 0 bridgehead atoms. The molecule has 0 aliphatic rings. The first-order valence-corrected chi connectivity index (χ1v) is 6.57. The minimum Gasteiger partial charge on any atom is -0.481 e. The van der Waals surface area contributed by atoms with Crippen molar-refractivity contribution in [3.63, 3.8) is 0 Å². The lowest BCUT2D eigenvalue weighted by Crippen LogP contribution is -2.42. The zero-order valence-electron chi connectivity index (χ0n) is 10.5. The summed E-state index contributed by atoms with van der Waals surface area (Å²) in [6.07, 6.45) is -0.0677. The summed E-state index contributed by atoms with van der Waals surface area (Å²) >= 11 is 1.65. The van der Waals surface area contributed by atoms with Crippen LogP contribution < -0.4 is 10.6 Å². The van der Waals surface area contributed by atoms with Gasteiger partial charge in [0.25, 0.3) is 0 Å². The normalized spacial score (nSPS) is 11.0. The number of hydrogen-bond donors (Lipinski definition) is 3. The predicted octanol–water partition coefficient (Wildman–Crippen LogP) is 1.80. The van der Waals surface area contributed by atoms with Gasteiger partial charge in [-0.15, -0.1) is 11.3 Å². The topological polar surface area (TPSA) is 78.4 Å². The maximum absolute atomic E-state index is 11.4. The standard InChI is InChI=1S/C12H18N2O3S/c1-12(2,9-4-3-7-18-9)8-14-11(17)13-6-5-10(15)16/h3-4,7H,5-6,8H2,1-2H3,(H,15,16)(H2,13,14,17). The van der Waals surface area contributed by atoms with Gasteiger partial charge in [-0.1, -0.05) is 19.9 Å². The summed E-state index contributed by atoms with van der Waals surface area (Å²) in [7, 11) is 0. The third kappa shape index (κ3) is 4.75. The summed E-state index contributed by atoms with van der Waals surface area (Å²) in [6.45, 7) is 4.75. The van der Waals surface area contributed by atoms with Crippen molar-refractivity contribution in [2.45, 2.75) is 25.7 Å². The number of aliphatic carboxylic acids is 1. The molecule has 0 aromatic carbocycles. The number of amides is 2. The Bertz CT molecular complexity index is 401. The first-order chi connectivity index (χ1) is 8.42. The second-order valence-electron chi connectivity index (χ2n) is 4.61. The van der Waals surface area contributed by atoms with E-state index < -0.39 is 5.97 Å². The fourth-order valence-corrected chi connectivity index (χ4v) is 2.25. The molecule has 1 heterocycles. The van der Waals surface area contributed by atoms with Gasteiger partial charge in [0.1, 0.15) is 0 Å². The minimum absolute atomic E-state index is 0.0677. The number of thiophene rings is 1. The van der Waals surface area contributed by atoms with Crippen LogP contribution in [-0.2, 0) is 10.2 Å². The van der Waals surface area contributed by atoms with Crippen molar-refractivity contribution < 1.29 is 14.7 Å². The zero-order valence-corrected chi connectivity index (χ0v) is 11.3. The molecule has 1 aromatic heterocycles. The molecule has 0 fully saturated rings. The lowest BCUT2D eigenvalue weighted by molar-refractivity contribution is -0.136. The van der Waals surface area contributed by atoms with E-state index >= 15 is 0 Å². The van der Waals surface area contributed by atoms with Crippen molar-refractivity contribution >= 4 is 23.3 Å². The molecule has 0 atom stereocenters. The van der Waals surface area contributed by atoms with Crippen LogP contribution in [0.5, 0.6) is 0 Å². The van der Waals surface area contributed by atoms with Crippen molar-refractivity contribution in [1.82, 2.24) is 10.6 Å². The average Bonchev–Trinajstić information content (AvgIpc) is 2.80. The number of rotatable bonds is 6. The van der Waals surface area contributed by atoms with Crippen molar-refractivity contribution in [2.24, 2.45) is 0 Å². The molecule has 0 aliphatic carbocycles. The quantitative estimate of drug-likeness (QED) is 0.737. The van der Waals surface area contributed by atoms with E-state index in [0.29, 0.717) is 6.54 Å². The lowest BCUT2D eigenvalue weighted by atomic mass is 9.91. The molecule has 0 spiro atoms. The average molecular weight is 270 g/mol. The summed E-state index contributed by atoms with van der Waals surface area (Å²) in [6, 6.07) is 3.68. The van der Waals surface area contributed by atoms with Crippen LogP contribution in [0.25, 0.3) is 0 Å². The van der Waals surface area contributed by atoms with Gasteiger partial charge in [-0.3, -0.25) is 4.79 Å². The van der Waals surface area contributed by atoms with Gasteiger partial charge in [-0.05, 0) is 11.4 Å². The molecule has 0 aliphatic heterocycles. The van der Waals surface area contributed by atoms with Gasteiger partial charge in [-0.25, -0.2) is 4.79 Å². The molecule has 5 nitrogen and oxygen atoms in total. The Morgan fingerprint density at radius 3 is 2.67 bits per heavy atom. The fraction of sp³-hybridized carbons (Fsp3) is 0.500. The molecule has 3 N–H and O–H groups in total. The summed E-state index contributed by atoms with van der Waals surface area (Å²) in [4.78, 5) is 22.9. The van der Waals surface area contributed by atoms with E-state index in [9.17, 15) is 9.59 Å². The van der Waals surface area contributed by atoms with Gasteiger partial charge in [0.2, 0.25) is 0 Å². The van der Waals surface area contributed by atoms with Gasteiger partial charge in [0, 0.05) is 23.4 Å². The van der Waals surface area contributed by atoms with Crippen LogP contribution in [0.15, 0.2) is 17.5 Å². The fourth-order valence-electron chi connectivity index (χ4n) is 1.40. The molecule has 6 heteroatoms. The number of carboxylic acid groups (broad SMARTS) is 1. The van der Waals surface area contributed by atoms with E-state index in [1.165, 1.54) is 4.88 Å². The van der Waals surface area contributed by atoms with Crippen molar-refractivity contribution in [3.8, 4) is 0 Å². The predicted molar refractivity (Wildman–Crippen MR) is 71.0 cm³/mol. The van der Waals surface area contributed by atoms with Crippen LogP contribution in [0.1, 0.15) is 25.1 Å². The maximum Gasteiger partial charge on any atom is 0.314 e. The van der Waals surface area contributed by atoms with Gasteiger partial charge < -0.3 is 15.7 Å². The second-order valence-corrected chi connectivity index (χ2v) is 5.56. The van der Waals surface area contributed by atoms with Crippen molar-refractivity contribution in [1.29, 1.82) is 0 Å². The first-order valence-electron chi connectivity index (χ1n) is 5.69. The number of carboxylic acids is 1. The van der Waals surface area contributed by atoms with Crippen LogP contribution in [0.3, 0.4) is 0 Å². The minimum atomic E-state index is -0.922. The van der Waals surface area contributed by atoms with Gasteiger partial charge in [0.15, 0.2) is 0 Å². The largest absolute Gasteiger partial charge is 0.481 e. The molecule has 0 saturated carbocycles. The molecule has 0 radical (unpaired) electrons. The van der Waals surface area contributed by atoms with E-state index in [4.69, 9.17) is 5.11 Å². The second kappa shape index (κ2) is 6.39. The molecule has 2 amide bonds. The summed E-state index contributed by atoms with van der Waals surface area (Å²) in [5, 5.41) is 15.7. The Morgan fingerprint density at radius 1 is 1.39 bits per heavy atom. The van der Waals surface area contributed by atoms with E-state index in [2.05, 4.69) is 24.5 Å². The summed E-state index contributed by atoms with van der Waals surface area (Å²) in [5.74, 6) is -0.922. The Hall–Kier alpha value is -1.56. The molecule has 18 heavy (non-hydrogen) atoms. The number of carbonyl (C=O) groups is 2. The highest BCUT2D eigenvalue weighted by Gasteiger charge is 2.22. The Balaban J connectivity index is 2.32. The summed E-state index contributed by atoms with van der Waals surface area (Å²) in [5.41, 5.74) is -0.127. The van der Waals surface area contributed by atoms with Crippen LogP contribution in [0.2, 0.25) is 0 Å². The molecule has 1 rings (SSSR count). The third-order valence-corrected chi connectivity index (χ3v) is 3.74. The number of hydrogen-bond acceptors (Lipinski definition) is 3. The molecular formula is C12H18N2O3S.